The Kier molecular flexibility index (Phi) is 7.68. The van der Waals surface area contributed by atoms with Crippen molar-refractivity contribution < 1.29 is 8.42 Å². The van der Waals surface area contributed by atoms with Gasteiger partial charge in [-0.25, -0.2) is 8.42 Å². The zero-order valence-corrected chi connectivity index (χ0v) is 20.4. The van der Waals surface area contributed by atoms with E-state index in [1.54, 1.807) is 30.3 Å². The fourth-order valence-electron chi connectivity index (χ4n) is 3.13. The van der Waals surface area contributed by atoms with E-state index in [1.807, 2.05) is 45.0 Å². The average Bonchev–Trinajstić information content (AvgIpc) is 2.77. The number of benzene rings is 3. The first-order chi connectivity index (χ1) is 15.2. The van der Waals surface area contributed by atoms with E-state index in [2.05, 4.69) is 11.4 Å². The number of nitrogens with zero attached hydrogens (tertiary/aromatic N) is 1. The molecule has 0 aromatic heterocycles. The van der Waals surface area contributed by atoms with Crippen molar-refractivity contribution in [2.24, 2.45) is 0 Å². The topological polar surface area (TPSA) is 70.0 Å². The zero-order chi connectivity index (χ0) is 23.3. The van der Waals surface area contributed by atoms with Crippen molar-refractivity contribution in [1.82, 2.24) is 0 Å². The maximum Gasteiger partial charge on any atom is 0.219 e. The second-order valence-electron chi connectivity index (χ2n) is 7.34. The van der Waals surface area contributed by atoms with Gasteiger partial charge in [0, 0.05) is 16.5 Å². The Bertz CT molecular complexity index is 1310. The molecule has 0 spiro atoms. The second kappa shape index (κ2) is 10.3. The summed E-state index contributed by atoms with van der Waals surface area (Å²) in [5, 5.41) is 13.9. The lowest BCUT2D eigenvalue weighted by Crippen LogP contribution is -2.11. The molecule has 32 heavy (non-hydrogen) atoms. The predicted octanol–water partition coefficient (Wildman–Crippen LogP) is 6.78. The van der Waals surface area contributed by atoms with Gasteiger partial charge in [-0.15, -0.1) is 11.8 Å². The number of hydrogen-bond acceptors (Lipinski definition) is 5. The first kappa shape index (κ1) is 23.9. The molecule has 3 rings (SSSR count). The number of halogens is 1. The number of rotatable bonds is 7. The molecule has 0 radical (unpaired) electrons. The van der Waals surface area contributed by atoms with Crippen molar-refractivity contribution in [1.29, 1.82) is 5.26 Å². The molecule has 0 bridgehead atoms. The van der Waals surface area contributed by atoms with E-state index in [0.717, 1.165) is 22.3 Å². The molecule has 0 amide bonds. The van der Waals surface area contributed by atoms with Crippen LogP contribution in [0.5, 0.6) is 0 Å². The highest BCUT2D eigenvalue weighted by Crippen LogP contribution is 2.34. The van der Waals surface area contributed by atoms with Crippen LogP contribution < -0.4 is 5.32 Å². The van der Waals surface area contributed by atoms with Gasteiger partial charge in [-0.1, -0.05) is 59.6 Å². The Morgan fingerprint density at radius 1 is 1.03 bits per heavy atom. The summed E-state index contributed by atoms with van der Waals surface area (Å²) in [7, 11) is -4.01. The lowest BCUT2D eigenvalue weighted by Gasteiger charge is -2.16. The van der Waals surface area contributed by atoms with Gasteiger partial charge in [0.2, 0.25) is 9.84 Å². The SMILES string of the molecule is Cc1ccc(CSC(Nc2cccc(Cl)c2C)=C(C#N)S(=O)(=O)c2ccccc2)c(C)c1. The van der Waals surface area contributed by atoms with Crippen molar-refractivity contribution in [3.8, 4) is 6.07 Å². The highest BCUT2D eigenvalue weighted by atomic mass is 35.5. The summed E-state index contributed by atoms with van der Waals surface area (Å²) < 4.78 is 26.6. The molecule has 4 nitrogen and oxygen atoms in total. The van der Waals surface area contributed by atoms with Crippen molar-refractivity contribution in [3.63, 3.8) is 0 Å². The fraction of sp³-hybridized carbons (Fsp3) is 0.160. The van der Waals surface area contributed by atoms with Crippen molar-refractivity contribution in [2.45, 2.75) is 31.4 Å². The predicted molar refractivity (Wildman–Crippen MR) is 133 cm³/mol. The molecule has 0 saturated heterocycles. The largest absolute Gasteiger partial charge is 0.348 e. The quantitative estimate of drug-likeness (QED) is 0.376. The molecular formula is C25H23ClN2O2S2. The average molecular weight is 483 g/mol. The lowest BCUT2D eigenvalue weighted by molar-refractivity contribution is 0.603. The van der Waals surface area contributed by atoms with Crippen LogP contribution in [0.2, 0.25) is 5.02 Å². The summed E-state index contributed by atoms with van der Waals surface area (Å²) in [6.45, 7) is 5.89. The molecule has 3 aromatic rings. The molecule has 0 atom stereocenters. The lowest BCUT2D eigenvalue weighted by atomic mass is 10.1. The fourth-order valence-corrected chi connectivity index (χ4v) is 5.96. The van der Waals surface area contributed by atoms with Crippen molar-refractivity contribution >= 4 is 38.9 Å². The van der Waals surface area contributed by atoms with Gasteiger partial charge in [0.15, 0.2) is 4.91 Å². The van der Waals surface area contributed by atoms with Crippen LogP contribution in [-0.2, 0) is 15.6 Å². The van der Waals surface area contributed by atoms with Crippen LogP contribution in [0, 0.1) is 32.1 Å². The second-order valence-corrected chi connectivity index (χ2v) is 10.6. The molecule has 164 valence electrons. The molecule has 0 aliphatic carbocycles. The highest BCUT2D eigenvalue weighted by molar-refractivity contribution is 8.04. The molecular weight excluding hydrogens is 460 g/mol. The first-order valence-electron chi connectivity index (χ1n) is 9.89. The number of hydrogen-bond donors (Lipinski definition) is 1. The number of nitrogens with one attached hydrogen (secondary N) is 1. The Morgan fingerprint density at radius 3 is 2.41 bits per heavy atom. The van der Waals surface area contributed by atoms with Crippen LogP contribution in [0.15, 0.2) is 81.6 Å². The van der Waals surface area contributed by atoms with Crippen molar-refractivity contribution in [3.05, 3.63) is 104 Å². The zero-order valence-electron chi connectivity index (χ0n) is 18.0. The molecule has 0 unspecified atom stereocenters. The number of thioether (sulfide) groups is 1. The highest BCUT2D eigenvalue weighted by Gasteiger charge is 2.26. The van der Waals surface area contributed by atoms with Crippen LogP contribution in [0.4, 0.5) is 5.69 Å². The standard InChI is InChI=1S/C25H23ClN2O2S2/c1-17-12-13-20(18(2)14-17)16-31-25(28-23-11-7-10-22(26)19(23)3)24(15-27)32(29,30)21-8-5-4-6-9-21/h4-14,28H,16H2,1-3H3. The minimum absolute atomic E-state index is 0.0748. The Balaban J connectivity index is 2.09. The summed E-state index contributed by atoms with van der Waals surface area (Å²) in [5.41, 5.74) is 4.76. The third kappa shape index (κ3) is 5.36. The molecule has 0 heterocycles. The van der Waals surface area contributed by atoms with Gasteiger partial charge in [0.25, 0.3) is 0 Å². The minimum Gasteiger partial charge on any atom is -0.348 e. The molecule has 0 aliphatic heterocycles. The van der Waals surface area contributed by atoms with Crippen LogP contribution >= 0.6 is 23.4 Å². The van der Waals surface area contributed by atoms with E-state index >= 15 is 0 Å². The maximum atomic E-state index is 13.3. The van der Waals surface area contributed by atoms with Gasteiger partial charge in [0.1, 0.15) is 11.1 Å². The molecule has 1 N–H and O–H groups in total. The van der Waals surface area contributed by atoms with E-state index < -0.39 is 9.84 Å². The summed E-state index contributed by atoms with van der Waals surface area (Å²) >= 11 is 7.54. The van der Waals surface area contributed by atoms with Crippen LogP contribution in [0.1, 0.15) is 22.3 Å². The van der Waals surface area contributed by atoms with E-state index in [1.165, 1.54) is 23.9 Å². The number of sulfone groups is 1. The first-order valence-corrected chi connectivity index (χ1v) is 12.7. The summed E-state index contributed by atoms with van der Waals surface area (Å²) in [6.07, 6.45) is 0. The normalized spacial score (nSPS) is 12.1. The molecule has 7 heteroatoms. The minimum atomic E-state index is -4.01. The molecule has 3 aromatic carbocycles. The number of nitriles is 1. The van der Waals surface area contributed by atoms with Crippen LogP contribution in [0.25, 0.3) is 0 Å². The Labute approximate surface area is 198 Å². The Hall–Kier alpha value is -2.72. The van der Waals surface area contributed by atoms with Crippen LogP contribution in [-0.4, -0.2) is 8.42 Å². The van der Waals surface area contributed by atoms with Crippen LogP contribution in [0.3, 0.4) is 0 Å². The molecule has 0 saturated carbocycles. The molecule has 0 fully saturated rings. The Morgan fingerprint density at radius 2 is 1.75 bits per heavy atom. The summed E-state index contributed by atoms with van der Waals surface area (Å²) in [6, 6.07) is 21.4. The summed E-state index contributed by atoms with van der Waals surface area (Å²) in [4.78, 5) is -0.247. The number of aryl methyl sites for hydroxylation is 2. The monoisotopic (exact) mass is 482 g/mol. The van der Waals surface area contributed by atoms with Gasteiger partial charge in [-0.05, 0) is 61.7 Å². The van der Waals surface area contributed by atoms with Gasteiger partial charge in [-0.2, -0.15) is 5.26 Å². The third-order valence-electron chi connectivity index (χ3n) is 5.02. The molecule has 0 aliphatic rings. The van der Waals surface area contributed by atoms with E-state index in [-0.39, 0.29) is 14.8 Å². The van der Waals surface area contributed by atoms with Gasteiger partial charge >= 0.3 is 0 Å². The van der Waals surface area contributed by atoms with Crippen molar-refractivity contribution in [2.75, 3.05) is 5.32 Å². The maximum absolute atomic E-state index is 13.3. The van der Waals surface area contributed by atoms with Gasteiger partial charge in [0.05, 0.1) is 4.90 Å². The number of anilines is 1. The third-order valence-corrected chi connectivity index (χ3v) is 8.33. The van der Waals surface area contributed by atoms with Gasteiger partial charge < -0.3 is 5.32 Å². The smallest absolute Gasteiger partial charge is 0.219 e. The van der Waals surface area contributed by atoms with E-state index in [0.29, 0.717) is 16.5 Å². The number of allylic oxidation sites excluding steroid dienone is 1. The van der Waals surface area contributed by atoms with E-state index in [9.17, 15) is 13.7 Å². The van der Waals surface area contributed by atoms with Gasteiger partial charge in [-0.3, -0.25) is 0 Å². The van der Waals surface area contributed by atoms with E-state index in [4.69, 9.17) is 11.6 Å². The summed E-state index contributed by atoms with van der Waals surface area (Å²) in [5.74, 6) is 0.504.